The van der Waals surface area contributed by atoms with E-state index in [2.05, 4.69) is 5.32 Å². The van der Waals surface area contributed by atoms with Gasteiger partial charge in [0.05, 0.1) is 6.54 Å². The monoisotopic (exact) mass is 305 g/mol. The second kappa shape index (κ2) is 10.1. The predicted molar refractivity (Wildman–Crippen MR) is 89.5 cm³/mol. The smallest absolute Gasteiger partial charge is 0.238 e. The molecule has 1 aromatic carbocycles. The molecule has 0 radical (unpaired) electrons. The number of hydrogen-bond acceptors (Lipinski definition) is 4. The van der Waals surface area contributed by atoms with E-state index >= 15 is 0 Å². The molecular formula is C17H27N3O2. The zero-order chi connectivity index (χ0) is 16.4. The fourth-order valence-electron chi connectivity index (χ4n) is 2.22. The first-order valence-corrected chi connectivity index (χ1v) is 7.78. The van der Waals surface area contributed by atoms with Crippen LogP contribution in [0.5, 0.6) is 0 Å². The molecule has 0 saturated heterocycles. The second-order valence-corrected chi connectivity index (χ2v) is 5.80. The van der Waals surface area contributed by atoms with E-state index in [1.165, 1.54) is 0 Å². The number of carbonyl (C=O) groups is 2. The molecule has 22 heavy (non-hydrogen) atoms. The van der Waals surface area contributed by atoms with E-state index in [1.54, 1.807) is 0 Å². The molecule has 1 unspecified atom stereocenters. The van der Waals surface area contributed by atoms with Crippen molar-refractivity contribution < 1.29 is 9.59 Å². The summed E-state index contributed by atoms with van der Waals surface area (Å²) in [4.78, 5) is 24.5. The fraction of sp³-hybridized carbons (Fsp3) is 0.529. The summed E-state index contributed by atoms with van der Waals surface area (Å²) in [5.41, 5.74) is 7.36. The summed E-state index contributed by atoms with van der Waals surface area (Å²) in [7, 11) is 1.93. The molecule has 0 aliphatic carbocycles. The zero-order valence-corrected chi connectivity index (χ0v) is 13.5. The summed E-state index contributed by atoms with van der Waals surface area (Å²) in [5.74, 6) is 0.0985. The zero-order valence-electron chi connectivity index (χ0n) is 13.5. The van der Waals surface area contributed by atoms with Crippen LogP contribution in [-0.4, -0.2) is 37.2 Å². The lowest BCUT2D eigenvalue weighted by atomic mass is 10.1. The Labute approximate surface area is 132 Å². The van der Waals surface area contributed by atoms with Crippen molar-refractivity contribution in [3.8, 4) is 0 Å². The van der Waals surface area contributed by atoms with Crippen molar-refractivity contribution >= 4 is 17.9 Å². The lowest BCUT2D eigenvalue weighted by Crippen LogP contribution is -2.31. The van der Waals surface area contributed by atoms with Crippen LogP contribution in [0.15, 0.2) is 24.3 Å². The highest BCUT2D eigenvalue weighted by Gasteiger charge is 2.07. The van der Waals surface area contributed by atoms with Gasteiger partial charge >= 0.3 is 0 Å². The number of hydrogen-bond donors (Lipinski definition) is 2. The summed E-state index contributed by atoms with van der Waals surface area (Å²) >= 11 is 0. The molecule has 0 aromatic heterocycles. The molecule has 1 rings (SSSR count). The van der Waals surface area contributed by atoms with Crippen molar-refractivity contribution in [2.45, 2.75) is 32.7 Å². The Kier molecular flexibility index (Phi) is 8.40. The number of anilines is 1. The molecule has 5 nitrogen and oxygen atoms in total. The van der Waals surface area contributed by atoms with Crippen molar-refractivity contribution in [1.82, 2.24) is 4.90 Å². The van der Waals surface area contributed by atoms with Crippen LogP contribution in [0.25, 0.3) is 0 Å². The summed E-state index contributed by atoms with van der Waals surface area (Å²) in [6, 6.07) is 7.56. The van der Waals surface area contributed by atoms with Crippen molar-refractivity contribution in [2.75, 3.05) is 25.5 Å². The summed E-state index contributed by atoms with van der Waals surface area (Å²) in [5, 5.41) is 2.88. The van der Waals surface area contributed by atoms with Gasteiger partial charge in [-0.15, -0.1) is 0 Å². The Morgan fingerprint density at radius 1 is 1.41 bits per heavy atom. The molecule has 0 spiro atoms. The van der Waals surface area contributed by atoms with Crippen molar-refractivity contribution in [3.05, 3.63) is 29.8 Å². The van der Waals surface area contributed by atoms with Crippen LogP contribution in [0.1, 0.15) is 31.7 Å². The highest BCUT2D eigenvalue weighted by molar-refractivity contribution is 5.92. The van der Waals surface area contributed by atoms with Crippen LogP contribution in [0.4, 0.5) is 5.69 Å². The van der Waals surface area contributed by atoms with Crippen molar-refractivity contribution in [1.29, 1.82) is 0 Å². The first-order chi connectivity index (χ1) is 10.5. The van der Waals surface area contributed by atoms with E-state index in [0.29, 0.717) is 13.1 Å². The normalized spacial score (nSPS) is 12.2. The Morgan fingerprint density at radius 3 is 2.86 bits per heavy atom. The number of unbranched alkanes of at least 4 members (excludes halogenated alkanes) is 1. The number of likely N-dealkylation sites (N-methyl/N-ethyl adjacent to an activating group) is 1. The minimum atomic E-state index is -0.0297. The van der Waals surface area contributed by atoms with Gasteiger partial charge in [0.2, 0.25) is 5.91 Å². The number of benzene rings is 1. The van der Waals surface area contributed by atoms with E-state index in [1.807, 2.05) is 43.1 Å². The number of amides is 1. The number of carbonyl (C=O) groups excluding carboxylic acids is 2. The molecule has 1 atom stereocenters. The number of aldehydes is 1. The summed E-state index contributed by atoms with van der Waals surface area (Å²) < 4.78 is 0. The number of nitrogens with zero attached hydrogens (tertiary/aromatic N) is 1. The van der Waals surface area contributed by atoms with Crippen LogP contribution in [0, 0.1) is 5.92 Å². The molecule has 1 amide bonds. The average molecular weight is 305 g/mol. The molecule has 0 saturated carbocycles. The van der Waals surface area contributed by atoms with E-state index in [-0.39, 0.29) is 11.8 Å². The van der Waals surface area contributed by atoms with Gasteiger partial charge in [0, 0.05) is 18.2 Å². The predicted octanol–water partition coefficient (Wildman–Crippen LogP) is 2.02. The molecule has 0 fully saturated rings. The fourth-order valence-corrected chi connectivity index (χ4v) is 2.22. The third kappa shape index (κ3) is 7.33. The van der Waals surface area contributed by atoms with E-state index in [9.17, 15) is 9.59 Å². The number of nitrogens with two attached hydrogens (primary N) is 1. The van der Waals surface area contributed by atoms with Crippen LogP contribution < -0.4 is 11.1 Å². The van der Waals surface area contributed by atoms with Crippen LogP contribution in [0.2, 0.25) is 0 Å². The quantitative estimate of drug-likeness (QED) is 0.512. The molecular weight excluding hydrogens is 278 g/mol. The Hall–Kier alpha value is -1.72. The largest absolute Gasteiger partial charge is 0.326 e. The van der Waals surface area contributed by atoms with Gasteiger partial charge in [-0.1, -0.05) is 25.5 Å². The summed E-state index contributed by atoms with van der Waals surface area (Å²) in [6.07, 6.45) is 3.90. The Bertz CT molecular complexity index is 477. The highest BCUT2D eigenvalue weighted by Crippen LogP contribution is 2.10. The van der Waals surface area contributed by atoms with Crippen LogP contribution in [-0.2, 0) is 16.1 Å². The molecule has 0 aliphatic rings. The van der Waals surface area contributed by atoms with Gasteiger partial charge in [-0.2, -0.15) is 0 Å². The van der Waals surface area contributed by atoms with Crippen LogP contribution in [0.3, 0.4) is 0 Å². The molecule has 0 heterocycles. The van der Waals surface area contributed by atoms with Gasteiger partial charge in [0.1, 0.15) is 6.29 Å². The van der Waals surface area contributed by atoms with Gasteiger partial charge in [0.15, 0.2) is 0 Å². The standard InChI is InChI=1S/C17H27N3O2/c1-14(13-21)6-3-4-9-20(2)12-17(22)19-16-8-5-7-15(10-16)11-18/h5,7-8,10,13-14H,3-4,6,9,11-12,18H2,1-2H3,(H,19,22). The maximum atomic E-state index is 12.0. The molecule has 122 valence electrons. The number of nitrogens with one attached hydrogen (secondary N) is 1. The van der Waals surface area contributed by atoms with Gasteiger partial charge in [-0.25, -0.2) is 0 Å². The van der Waals surface area contributed by atoms with E-state index < -0.39 is 0 Å². The molecule has 0 aliphatic heterocycles. The maximum Gasteiger partial charge on any atom is 0.238 e. The van der Waals surface area contributed by atoms with E-state index in [0.717, 1.165) is 43.3 Å². The Balaban J connectivity index is 2.27. The molecule has 5 heteroatoms. The topological polar surface area (TPSA) is 75.4 Å². The van der Waals surface area contributed by atoms with Crippen molar-refractivity contribution in [3.63, 3.8) is 0 Å². The highest BCUT2D eigenvalue weighted by atomic mass is 16.2. The van der Waals surface area contributed by atoms with Gasteiger partial charge in [-0.05, 0) is 44.1 Å². The summed E-state index contributed by atoms with van der Waals surface area (Å²) in [6.45, 7) is 3.60. The third-order valence-electron chi connectivity index (χ3n) is 3.54. The van der Waals surface area contributed by atoms with Gasteiger partial charge in [0.25, 0.3) is 0 Å². The first kappa shape index (κ1) is 18.3. The lowest BCUT2D eigenvalue weighted by Gasteiger charge is -2.16. The van der Waals surface area contributed by atoms with Gasteiger partial charge in [-0.3, -0.25) is 9.69 Å². The van der Waals surface area contributed by atoms with Gasteiger partial charge < -0.3 is 15.8 Å². The maximum absolute atomic E-state index is 12.0. The third-order valence-corrected chi connectivity index (χ3v) is 3.54. The van der Waals surface area contributed by atoms with Crippen molar-refractivity contribution in [2.24, 2.45) is 11.7 Å². The lowest BCUT2D eigenvalue weighted by molar-refractivity contribution is -0.117. The number of rotatable bonds is 10. The molecule has 3 N–H and O–H groups in total. The second-order valence-electron chi connectivity index (χ2n) is 5.80. The first-order valence-electron chi connectivity index (χ1n) is 7.78. The molecule has 1 aromatic rings. The Morgan fingerprint density at radius 2 is 2.18 bits per heavy atom. The molecule has 0 bridgehead atoms. The van der Waals surface area contributed by atoms with E-state index in [4.69, 9.17) is 5.73 Å². The average Bonchev–Trinajstić information content (AvgIpc) is 2.51. The SMILES string of the molecule is CC(C=O)CCCCN(C)CC(=O)Nc1cccc(CN)c1. The van der Waals surface area contributed by atoms with Crippen LogP contribution >= 0.6 is 0 Å². The minimum Gasteiger partial charge on any atom is -0.326 e. The minimum absolute atomic E-state index is 0.0297.